The standard InChI is InChI=1S/C13H26N2O/c1-4-6-7-12(5-2)13(16)15-10-8-14(3)9-11-15/h12H,4-11H2,1-3H3. The minimum atomic E-state index is 0.267. The highest BCUT2D eigenvalue weighted by Crippen LogP contribution is 2.16. The Morgan fingerprint density at radius 2 is 1.81 bits per heavy atom. The molecule has 1 fully saturated rings. The molecule has 1 aliphatic rings. The lowest BCUT2D eigenvalue weighted by Crippen LogP contribution is -2.49. The molecule has 1 aliphatic heterocycles. The first-order valence-corrected chi connectivity index (χ1v) is 6.66. The van der Waals surface area contributed by atoms with Gasteiger partial charge in [0.15, 0.2) is 0 Å². The fourth-order valence-corrected chi connectivity index (χ4v) is 2.24. The van der Waals surface area contributed by atoms with Gasteiger partial charge in [-0.3, -0.25) is 4.79 Å². The van der Waals surface area contributed by atoms with E-state index in [9.17, 15) is 4.79 Å². The third-order valence-corrected chi connectivity index (χ3v) is 3.56. The number of unbranched alkanes of at least 4 members (excludes halogenated alkanes) is 1. The summed E-state index contributed by atoms with van der Waals surface area (Å²) in [6, 6.07) is 0. The highest BCUT2D eigenvalue weighted by molar-refractivity contribution is 5.78. The largest absolute Gasteiger partial charge is 0.340 e. The molecule has 0 aromatic carbocycles. The summed E-state index contributed by atoms with van der Waals surface area (Å²) >= 11 is 0. The smallest absolute Gasteiger partial charge is 0.225 e. The van der Waals surface area contributed by atoms with Crippen LogP contribution in [0.4, 0.5) is 0 Å². The third-order valence-electron chi connectivity index (χ3n) is 3.56. The molecule has 0 bridgehead atoms. The van der Waals surface area contributed by atoms with Crippen molar-refractivity contribution in [2.45, 2.75) is 39.5 Å². The molecule has 16 heavy (non-hydrogen) atoms. The molecular weight excluding hydrogens is 200 g/mol. The van der Waals surface area contributed by atoms with E-state index in [4.69, 9.17) is 0 Å². The van der Waals surface area contributed by atoms with Crippen molar-refractivity contribution in [3.05, 3.63) is 0 Å². The second kappa shape index (κ2) is 6.89. The van der Waals surface area contributed by atoms with Crippen LogP contribution in [0.15, 0.2) is 0 Å². The van der Waals surface area contributed by atoms with Gasteiger partial charge in [-0.1, -0.05) is 26.7 Å². The molecule has 1 saturated heterocycles. The van der Waals surface area contributed by atoms with Crippen molar-refractivity contribution in [3.63, 3.8) is 0 Å². The lowest BCUT2D eigenvalue weighted by Gasteiger charge is -2.34. The molecule has 0 aromatic heterocycles. The van der Waals surface area contributed by atoms with E-state index in [1.807, 2.05) is 0 Å². The minimum Gasteiger partial charge on any atom is -0.340 e. The van der Waals surface area contributed by atoms with Gasteiger partial charge in [-0.25, -0.2) is 0 Å². The molecule has 94 valence electrons. The summed E-state index contributed by atoms with van der Waals surface area (Å²) < 4.78 is 0. The fourth-order valence-electron chi connectivity index (χ4n) is 2.24. The van der Waals surface area contributed by atoms with Crippen molar-refractivity contribution in [1.82, 2.24) is 9.80 Å². The van der Waals surface area contributed by atoms with Gasteiger partial charge in [-0.15, -0.1) is 0 Å². The number of nitrogens with zero attached hydrogens (tertiary/aromatic N) is 2. The number of amides is 1. The van der Waals surface area contributed by atoms with Gasteiger partial charge < -0.3 is 9.80 Å². The van der Waals surface area contributed by atoms with Gasteiger partial charge in [-0.05, 0) is 19.9 Å². The fraction of sp³-hybridized carbons (Fsp3) is 0.923. The van der Waals surface area contributed by atoms with Crippen molar-refractivity contribution in [1.29, 1.82) is 0 Å². The Hall–Kier alpha value is -0.570. The van der Waals surface area contributed by atoms with Crippen LogP contribution in [0.2, 0.25) is 0 Å². The molecule has 3 heteroatoms. The monoisotopic (exact) mass is 226 g/mol. The number of piperazine rings is 1. The van der Waals surface area contributed by atoms with Crippen molar-refractivity contribution in [2.24, 2.45) is 5.92 Å². The maximum atomic E-state index is 12.2. The summed E-state index contributed by atoms with van der Waals surface area (Å²) in [6.07, 6.45) is 4.42. The van der Waals surface area contributed by atoms with E-state index in [0.29, 0.717) is 5.91 Å². The first-order valence-electron chi connectivity index (χ1n) is 6.66. The number of carbonyl (C=O) groups excluding carboxylic acids is 1. The van der Waals surface area contributed by atoms with Crippen molar-refractivity contribution in [2.75, 3.05) is 33.2 Å². The minimum absolute atomic E-state index is 0.267. The Morgan fingerprint density at radius 1 is 1.19 bits per heavy atom. The van der Waals surface area contributed by atoms with E-state index < -0.39 is 0 Å². The molecule has 1 amide bonds. The number of hydrogen-bond acceptors (Lipinski definition) is 2. The first-order chi connectivity index (χ1) is 7.69. The Bertz CT molecular complexity index is 203. The predicted octanol–water partition coefficient (Wildman–Crippen LogP) is 1.98. The van der Waals surface area contributed by atoms with Crippen molar-refractivity contribution < 1.29 is 4.79 Å². The molecule has 3 nitrogen and oxygen atoms in total. The maximum absolute atomic E-state index is 12.2. The number of rotatable bonds is 5. The highest BCUT2D eigenvalue weighted by Gasteiger charge is 2.24. The molecule has 1 rings (SSSR count). The molecule has 1 heterocycles. The van der Waals surface area contributed by atoms with Crippen LogP contribution < -0.4 is 0 Å². The molecule has 0 N–H and O–H groups in total. The topological polar surface area (TPSA) is 23.6 Å². The number of carbonyl (C=O) groups is 1. The Labute approximate surface area is 99.8 Å². The maximum Gasteiger partial charge on any atom is 0.225 e. The summed E-state index contributed by atoms with van der Waals surface area (Å²) in [5, 5.41) is 0. The van der Waals surface area contributed by atoms with Crippen LogP contribution in [0.25, 0.3) is 0 Å². The van der Waals surface area contributed by atoms with E-state index in [1.165, 1.54) is 12.8 Å². The highest BCUT2D eigenvalue weighted by atomic mass is 16.2. The average Bonchev–Trinajstić information content (AvgIpc) is 2.30. The van der Waals surface area contributed by atoms with Crippen LogP contribution in [-0.4, -0.2) is 48.9 Å². The molecule has 0 saturated carbocycles. The third kappa shape index (κ3) is 3.78. The van der Waals surface area contributed by atoms with Crippen LogP contribution in [0.5, 0.6) is 0 Å². The zero-order chi connectivity index (χ0) is 12.0. The van der Waals surface area contributed by atoms with E-state index in [-0.39, 0.29) is 5.92 Å². The van der Waals surface area contributed by atoms with Gasteiger partial charge >= 0.3 is 0 Å². The summed E-state index contributed by atoms with van der Waals surface area (Å²) in [6.45, 7) is 8.20. The van der Waals surface area contributed by atoms with E-state index in [1.54, 1.807) is 0 Å². The van der Waals surface area contributed by atoms with Crippen molar-refractivity contribution in [3.8, 4) is 0 Å². The summed E-state index contributed by atoms with van der Waals surface area (Å²) in [5.41, 5.74) is 0. The van der Waals surface area contributed by atoms with E-state index in [2.05, 4.69) is 30.7 Å². The lowest BCUT2D eigenvalue weighted by atomic mass is 9.97. The number of hydrogen-bond donors (Lipinski definition) is 0. The normalized spacial score (nSPS) is 19.8. The lowest BCUT2D eigenvalue weighted by molar-refractivity contribution is -0.137. The summed E-state index contributed by atoms with van der Waals surface area (Å²) in [4.78, 5) is 16.6. The molecule has 0 aliphatic carbocycles. The van der Waals surface area contributed by atoms with Gasteiger partial charge in [-0.2, -0.15) is 0 Å². The molecule has 1 atom stereocenters. The zero-order valence-corrected chi connectivity index (χ0v) is 11.0. The predicted molar refractivity (Wildman–Crippen MR) is 67.4 cm³/mol. The van der Waals surface area contributed by atoms with Gasteiger partial charge in [0.05, 0.1) is 0 Å². The Morgan fingerprint density at radius 3 is 2.31 bits per heavy atom. The van der Waals surface area contributed by atoms with Gasteiger partial charge in [0.1, 0.15) is 0 Å². The second-order valence-electron chi connectivity index (χ2n) is 4.88. The average molecular weight is 226 g/mol. The van der Waals surface area contributed by atoms with E-state index >= 15 is 0 Å². The van der Waals surface area contributed by atoms with Gasteiger partial charge in [0.2, 0.25) is 5.91 Å². The Kier molecular flexibility index (Phi) is 5.81. The van der Waals surface area contributed by atoms with Crippen LogP contribution in [0.1, 0.15) is 39.5 Å². The summed E-state index contributed by atoms with van der Waals surface area (Å²) in [5.74, 6) is 0.660. The Balaban J connectivity index is 2.41. The van der Waals surface area contributed by atoms with Crippen LogP contribution in [0, 0.1) is 5.92 Å². The van der Waals surface area contributed by atoms with Gasteiger partial charge in [0, 0.05) is 32.1 Å². The summed E-state index contributed by atoms with van der Waals surface area (Å²) in [7, 11) is 2.12. The molecule has 0 radical (unpaired) electrons. The SMILES string of the molecule is CCCCC(CC)C(=O)N1CCN(C)CC1. The first kappa shape index (κ1) is 13.5. The van der Waals surface area contributed by atoms with Crippen LogP contribution in [-0.2, 0) is 4.79 Å². The molecule has 0 aromatic rings. The van der Waals surface area contributed by atoms with Crippen LogP contribution >= 0.6 is 0 Å². The molecule has 0 spiro atoms. The van der Waals surface area contributed by atoms with Gasteiger partial charge in [0.25, 0.3) is 0 Å². The van der Waals surface area contributed by atoms with Crippen molar-refractivity contribution >= 4 is 5.91 Å². The number of likely N-dealkylation sites (N-methyl/N-ethyl adjacent to an activating group) is 1. The zero-order valence-electron chi connectivity index (χ0n) is 11.0. The second-order valence-corrected chi connectivity index (χ2v) is 4.88. The molecule has 1 unspecified atom stereocenters. The van der Waals surface area contributed by atoms with E-state index in [0.717, 1.165) is 39.0 Å². The molecular formula is C13H26N2O. The quantitative estimate of drug-likeness (QED) is 0.715. The van der Waals surface area contributed by atoms with Crippen LogP contribution in [0.3, 0.4) is 0 Å².